The second-order valence-corrected chi connectivity index (χ2v) is 7.75. The molecular formula is C22H35IN8O2. The van der Waals surface area contributed by atoms with E-state index < -0.39 is 0 Å². The molecule has 2 N–H and O–H groups in total. The van der Waals surface area contributed by atoms with Gasteiger partial charge in [0.15, 0.2) is 11.7 Å². The van der Waals surface area contributed by atoms with Gasteiger partial charge in [-0.2, -0.15) is 0 Å². The second kappa shape index (κ2) is 14.0. The molecule has 0 aromatic carbocycles. The molecule has 0 unspecified atom stereocenters. The molecule has 2 aromatic rings. The van der Waals surface area contributed by atoms with Crippen LogP contribution in [0.4, 0.5) is 5.95 Å². The number of piperazine rings is 1. The summed E-state index contributed by atoms with van der Waals surface area (Å²) in [5.74, 6) is 2.68. The highest BCUT2D eigenvalue weighted by Gasteiger charge is 2.22. The molecule has 2 aromatic heterocycles. The zero-order chi connectivity index (χ0) is 22.8. The number of nitrogens with zero attached hydrogens (tertiary/aromatic N) is 6. The molecule has 1 saturated heterocycles. The van der Waals surface area contributed by atoms with Gasteiger partial charge >= 0.3 is 0 Å². The lowest BCUT2D eigenvalue weighted by atomic mass is 9.99. The Labute approximate surface area is 212 Å². The fourth-order valence-electron chi connectivity index (χ4n) is 3.76. The molecule has 1 fully saturated rings. The first kappa shape index (κ1) is 26.8. The number of halogens is 1. The average Bonchev–Trinajstić information content (AvgIpc) is 3.31. The van der Waals surface area contributed by atoms with Crippen molar-refractivity contribution in [3.05, 3.63) is 36.0 Å². The Balaban J connectivity index is 0.00000385. The van der Waals surface area contributed by atoms with Crippen LogP contribution >= 0.6 is 24.0 Å². The molecule has 1 aliphatic rings. The lowest BCUT2D eigenvalue weighted by molar-refractivity contribution is -0.131. The molecule has 0 spiro atoms. The van der Waals surface area contributed by atoms with E-state index in [9.17, 15) is 4.79 Å². The number of amides is 1. The van der Waals surface area contributed by atoms with Gasteiger partial charge in [-0.3, -0.25) is 9.79 Å². The number of carbonyl (C=O) groups excluding carboxylic acids is 1. The highest BCUT2D eigenvalue weighted by molar-refractivity contribution is 14.0. The number of aliphatic imine (C=N–C) groups is 1. The monoisotopic (exact) mass is 570 g/mol. The number of nitrogens with one attached hydrogen (secondary N) is 2. The number of hydrogen-bond acceptors (Lipinski definition) is 7. The number of carbonyl (C=O) groups is 1. The van der Waals surface area contributed by atoms with Crippen LogP contribution in [0.2, 0.25) is 0 Å². The first-order valence-electron chi connectivity index (χ1n) is 11.3. The molecule has 0 bridgehead atoms. The Morgan fingerprint density at radius 2 is 1.85 bits per heavy atom. The third-order valence-electron chi connectivity index (χ3n) is 5.73. The van der Waals surface area contributed by atoms with Gasteiger partial charge in [0.2, 0.25) is 11.9 Å². The topological polar surface area (TPSA) is 112 Å². The highest BCUT2D eigenvalue weighted by atomic mass is 127. The van der Waals surface area contributed by atoms with E-state index in [1.165, 1.54) is 0 Å². The van der Waals surface area contributed by atoms with Gasteiger partial charge in [-0.05, 0) is 18.9 Å². The van der Waals surface area contributed by atoms with Gasteiger partial charge in [0, 0.05) is 70.6 Å². The maximum atomic E-state index is 12.6. The molecular weight excluding hydrogens is 535 g/mol. The smallest absolute Gasteiger partial charge is 0.225 e. The molecule has 182 valence electrons. The maximum Gasteiger partial charge on any atom is 0.225 e. The van der Waals surface area contributed by atoms with Crippen molar-refractivity contribution in [1.82, 2.24) is 30.7 Å². The molecule has 10 nitrogen and oxygen atoms in total. The number of guanidine groups is 1. The Morgan fingerprint density at radius 1 is 1.15 bits per heavy atom. The molecule has 1 aliphatic heterocycles. The molecule has 0 atom stereocenters. The van der Waals surface area contributed by atoms with Gasteiger partial charge in [0.05, 0.1) is 12.2 Å². The summed E-state index contributed by atoms with van der Waals surface area (Å²) in [6.45, 7) is 8.14. The fourth-order valence-corrected chi connectivity index (χ4v) is 3.76. The quantitative estimate of drug-likeness (QED) is 0.269. The molecule has 3 rings (SSSR count). The summed E-state index contributed by atoms with van der Waals surface area (Å²) >= 11 is 0. The highest BCUT2D eigenvalue weighted by Crippen LogP contribution is 2.22. The van der Waals surface area contributed by atoms with Crippen LogP contribution in [0.25, 0.3) is 0 Å². The molecule has 0 saturated carbocycles. The van der Waals surface area contributed by atoms with E-state index in [2.05, 4.69) is 49.5 Å². The van der Waals surface area contributed by atoms with Crippen molar-refractivity contribution >= 4 is 41.8 Å². The van der Waals surface area contributed by atoms with Crippen LogP contribution in [0.5, 0.6) is 0 Å². The summed E-state index contributed by atoms with van der Waals surface area (Å²) in [5, 5.41) is 10.6. The van der Waals surface area contributed by atoms with Crippen LogP contribution in [0.3, 0.4) is 0 Å². The molecule has 0 aliphatic carbocycles. The summed E-state index contributed by atoms with van der Waals surface area (Å²) in [4.78, 5) is 29.3. The van der Waals surface area contributed by atoms with E-state index in [0.29, 0.717) is 44.5 Å². The predicted molar refractivity (Wildman–Crippen MR) is 139 cm³/mol. The third-order valence-corrected chi connectivity index (χ3v) is 5.73. The first-order valence-corrected chi connectivity index (χ1v) is 11.3. The zero-order valence-corrected chi connectivity index (χ0v) is 22.0. The Hall–Kier alpha value is -2.44. The summed E-state index contributed by atoms with van der Waals surface area (Å²) in [7, 11) is 1.71. The largest absolute Gasteiger partial charge is 0.359 e. The number of aromatic nitrogens is 3. The van der Waals surface area contributed by atoms with E-state index in [-0.39, 0.29) is 29.9 Å². The maximum absolute atomic E-state index is 12.6. The van der Waals surface area contributed by atoms with Crippen LogP contribution in [0.15, 0.2) is 34.0 Å². The summed E-state index contributed by atoms with van der Waals surface area (Å²) in [5.41, 5.74) is 0.999. The fraction of sp³-hybridized carbons (Fsp3) is 0.591. The number of rotatable bonds is 9. The van der Waals surface area contributed by atoms with E-state index in [4.69, 9.17) is 4.52 Å². The lowest BCUT2D eigenvalue weighted by Crippen LogP contribution is -2.50. The van der Waals surface area contributed by atoms with Gasteiger partial charge in [0.1, 0.15) is 0 Å². The average molecular weight is 570 g/mol. The minimum atomic E-state index is 0. The van der Waals surface area contributed by atoms with Gasteiger partial charge in [-0.15, -0.1) is 24.0 Å². The number of hydrogen-bond donors (Lipinski definition) is 2. The van der Waals surface area contributed by atoms with E-state index in [1.807, 2.05) is 11.0 Å². The van der Waals surface area contributed by atoms with Crippen molar-refractivity contribution in [3.8, 4) is 0 Å². The van der Waals surface area contributed by atoms with Crippen LogP contribution in [-0.2, 0) is 11.3 Å². The summed E-state index contributed by atoms with van der Waals surface area (Å²) in [6.07, 6.45) is 5.97. The zero-order valence-electron chi connectivity index (χ0n) is 19.7. The summed E-state index contributed by atoms with van der Waals surface area (Å²) < 4.78 is 5.44. The van der Waals surface area contributed by atoms with Crippen molar-refractivity contribution in [3.63, 3.8) is 0 Å². The minimum Gasteiger partial charge on any atom is -0.359 e. The first-order chi connectivity index (χ1) is 15.6. The SMILES string of the molecule is CCC(CC)c1cc(CNC(=NC)NCCC(=O)N2CCN(c3ncccn3)CC2)on1.I. The van der Waals surface area contributed by atoms with Crippen molar-refractivity contribution in [2.75, 3.05) is 44.7 Å². The Kier molecular flexibility index (Phi) is 11.3. The van der Waals surface area contributed by atoms with E-state index in [0.717, 1.165) is 43.3 Å². The van der Waals surface area contributed by atoms with Crippen molar-refractivity contribution in [2.24, 2.45) is 4.99 Å². The Morgan fingerprint density at radius 3 is 2.48 bits per heavy atom. The van der Waals surface area contributed by atoms with E-state index >= 15 is 0 Å². The van der Waals surface area contributed by atoms with Crippen LogP contribution < -0.4 is 15.5 Å². The number of anilines is 1. The van der Waals surface area contributed by atoms with Gasteiger partial charge in [-0.25, -0.2) is 9.97 Å². The van der Waals surface area contributed by atoms with E-state index in [1.54, 1.807) is 25.5 Å². The third kappa shape index (κ3) is 7.83. The van der Waals surface area contributed by atoms with Crippen LogP contribution in [0, 0.1) is 0 Å². The molecule has 0 radical (unpaired) electrons. The molecule has 1 amide bonds. The van der Waals surface area contributed by atoms with Gasteiger partial charge in [-0.1, -0.05) is 19.0 Å². The van der Waals surface area contributed by atoms with Crippen LogP contribution in [0.1, 0.15) is 50.5 Å². The van der Waals surface area contributed by atoms with Gasteiger partial charge in [0.25, 0.3) is 0 Å². The van der Waals surface area contributed by atoms with Crippen LogP contribution in [-0.4, -0.2) is 71.7 Å². The van der Waals surface area contributed by atoms with Crippen molar-refractivity contribution in [1.29, 1.82) is 0 Å². The van der Waals surface area contributed by atoms with Crippen molar-refractivity contribution in [2.45, 2.75) is 45.6 Å². The predicted octanol–water partition coefficient (Wildman–Crippen LogP) is 2.39. The molecule has 3 heterocycles. The molecule has 11 heteroatoms. The standard InChI is InChI=1S/C22H34N8O2.HI/c1-4-17(5-2)19-15-18(32-28-19)16-27-21(23-3)24-10-7-20(31)29-11-13-30(14-12-29)22-25-8-6-9-26-22;/h6,8-9,15,17H,4-5,7,10-14,16H2,1-3H3,(H2,23,24,27);1H. The van der Waals surface area contributed by atoms with Crippen molar-refractivity contribution < 1.29 is 9.32 Å². The second-order valence-electron chi connectivity index (χ2n) is 7.75. The minimum absolute atomic E-state index is 0. The normalized spacial score (nSPS) is 14.2. The molecule has 33 heavy (non-hydrogen) atoms. The summed E-state index contributed by atoms with van der Waals surface area (Å²) in [6, 6.07) is 3.80. The Bertz CT molecular complexity index is 864. The lowest BCUT2D eigenvalue weighted by Gasteiger charge is -2.34. The van der Waals surface area contributed by atoms with Gasteiger partial charge < -0.3 is 25.0 Å².